The van der Waals surface area contributed by atoms with Crippen LogP contribution < -0.4 is 25.0 Å². The molecule has 0 aliphatic carbocycles. The van der Waals surface area contributed by atoms with E-state index in [-0.39, 0.29) is 0 Å². The van der Waals surface area contributed by atoms with Gasteiger partial charge in [-0.25, -0.2) is 0 Å². The number of nitrogens with one attached hydrogen (secondary N) is 2. The molecule has 2 aromatic rings. The summed E-state index contributed by atoms with van der Waals surface area (Å²) in [5.41, 5.74) is 1.11. The summed E-state index contributed by atoms with van der Waals surface area (Å²) < 4.78 is 12.8. The first-order chi connectivity index (χ1) is 14.1. The van der Waals surface area contributed by atoms with Gasteiger partial charge in [0.05, 0.1) is 14.2 Å². The van der Waals surface area contributed by atoms with Crippen molar-refractivity contribution in [1.82, 2.24) is 20.4 Å². The van der Waals surface area contributed by atoms with Crippen LogP contribution in [0, 0.1) is 5.92 Å². The molecule has 0 amide bonds. The Morgan fingerprint density at radius 1 is 1.28 bits per heavy atom. The topological polar surface area (TPSA) is 75.9 Å². The number of aromatic nitrogens is 2. The molecule has 0 radical (unpaired) electrons. The van der Waals surface area contributed by atoms with Crippen molar-refractivity contribution in [1.29, 1.82) is 0 Å². The van der Waals surface area contributed by atoms with E-state index in [9.17, 15) is 0 Å². The number of hydrogen-bond acceptors (Lipinski definition) is 5. The third-order valence-corrected chi connectivity index (χ3v) is 5.13. The summed E-state index contributed by atoms with van der Waals surface area (Å²) in [7, 11) is 5.17. The second-order valence-corrected chi connectivity index (χ2v) is 7.43. The Morgan fingerprint density at radius 2 is 2.03 bits per heavy atom. The minimum absolute atomic E-state index is 0.333. The molecule has 2 atom stereocenters. The van der Waals surface area contributed by atoms with E-state index in [1.165, 1.54) is 0 Å². The summed E-state index contributed by atoms with van der Waals surface area (Å²) in [6, 6.07) is 8.28. The lowest BCUT2D eigenvalue weighted by Gasteiger charge is -2.22. The molecule has 0 spiro atoms. The zero-order valence-electron chi connectivity index (χ0n) is 17.8. The van der Waals surface area contributed by atoms with E-state index in [4.69, 9.17) is 9.47 Å². The Kier molecular flexibility index (Phi) is 7.21. The van der Waals surface area contributed by atoms with Crippen LogP contribution in [0.15, 0.2) is 41.7 Å². The lowest BCUT2D eigenvalue weighted by molar-refractivity contribution is 0.394. The van der Waals surface area contributed by atoms with Gasteiger partial charge in [0.2, 0.25) is 0 Å². The summed E-state index contributed by atoms with van der Waals surface area (Å²) in [6.07, 6.45) is 4.84. The quantitative estimate of drug-likeness (QED) is 0.521. The number of rotatable bonds is 8. The van der Waals surface area contributed by atoms with E-state index in [0.29, 0.717) is 12.0 Å². The highest BCUT2D eigenvalue weighted by Gasteiger charge is 2.24. The summed E-state index contributed by atoms with van der Waals surface area (Å²) in [4.78, 5) is 6.73. The van der Waals surface area contributed by atoms with Gasteiger partial charge in [0.25, 0.3) is 0 Å². The molecule has 29 heavy (non-hydrogen) atoms. The van der Waals surface area contributed by atoms with Crippen molar-refractivity contribution in [2.75, 3.05) is 45.8 Å². The minimum atomic E-state index is 0.333. The maximum atomic E-state index is 5.40. The maximum absolute atomic E-state index is 5.40. The average Bonchev–Trinajstić information content (AvgIpc) is 3.42. The van der Waals surface area contributed by atoms with Crippen LogP contribution in [0.3, 0.4) is 0 Å². The maximum Gasteiger partial charge on any atom is 0.191 e. The minimum Gasteiger partial charge on any atom is -0.497 e. The molecule has 1 aromatic carbocycles. The Balaban J connectivity index is 1.50. The fraction of sp³-hybridized carbons (Fsp3) is 0.524. The number of nitrogens with zero attached hydrogens (tertiary/aromatic N) is 4. The van der Waals surface area contributed by atoms with E-state index < -0.39 is 0 Å². The highest BCUT2D eigenvalue weighted by Crippen LogP contribution is 2.30. The summed E-state index contributed by atoms with van der Waals surface area (Å²) in [5, 5.41) is 11.3. The van der Waals surface area contributed by atoms with Gasteiger partial charge in [0.15, 0.2) is 5.96 Å². The first-order valence-electron chi connectivity index (χ1n) is 10.0. The van der Waals surface area contributed by atoms with E-state index in [1.54, 1.807) is 14.2 Å². The van der Waals surface area contributed by atoms with Gasteiger partial charge in [-0.2, -0.15) is 5.10 Å². The van der Waals surface area contributed by atoms with Crippen molar-refractivity contribution in [3.05, 3.63) is 36.7 Å². The summed E-state index contributed by atoms with van der Waals surface area (Å²) >= 11 is 0. The molecule has 3 rings (SSSR count). The Morgan fingerprint density at radius 3 is 2.66 bits per heavy atom. The van der Waals surface area contributed by atoms with E-state index in [0.717, 1.165) is 55.7 Å². The lowest BCUT2D eigenvalue weighted by atomic mass is 10.2. The highest BCUT2D eigenvalue weighted by atomic mass is 16.5. The van der Waals surface area contributed by atoms with Crippen LogP contribution in [-0.4, -0.2) is 62.7 Å². The van der Waals surface area contributed by atoms with Crippen molar-refractivity contribution in [3.8, 4) is 11.5 Å². The van der Waals surface area contributed by atoms with E-state index in [2.05, 4.69) is 44.7 Å². The Hall–Kier alpha value is -2.90. The molecule has 1 aliphatic rings. The predicted octanol–water partition coefficient (Wildman–Crippen LogP) is 1.98. The van der Waals surface area contributed by atoms with Crippen molar-refractivity contribution in [2.24, 2.45) is 10.9 Å². The van der Waals surface area contributed by atoms with Crippen LogP contribution in [0.4, 0.5) is 5.69 Å². The molecule has 8 nitrogen and oxygen atoms in total. The smallest absolute Gasteiger partial charge is 0.191 e. The second kappa shape index (κ2) is 10.0. The fourth-order valence-corrected chi connectivity index (χ4v) is 3.54. The Bertz CT molecular complexity index is 770. The van der Waals surface area contributed by atoms with Crippen molar-refractivity contribution in [2.45, 2.75) is 25.9 Å². The number of ether oxygens (including phenoxy) is 2. The van der Waals surface area contributed by atoms with E-state index >= 15 is 0 Å². The third kappa shape index (κ3) is 5.79. The van der Waals surface area contributed by atoms with Gasteiger partial charge in [0, 0.05) is 75.5 Å². The second-order valence-electron chi connectivity index (χ2n) is 7.43. The van der Waals surface area contributed by atoms with Crippen LogP contribution >= 0.6 is 0 Å². The van der Waals surface area contributed by atoms with Crippen molar-refractivity contribution < 1.29 is 9.47 Å². The van der Waals surface area contributed by atoms with Crippen LogP contribution in [0.1, 0.15) is 13.3 Å². The molecule has 8 heteroatoms. The molecule has 0 saturated carbocycles. The molecule has 1 aromatic heterocycles. The largest absolute Gasteiger partial charge is 0.497 e. The van der Waals surface area contributed by atoms with Gasteiger partial charge in [-0.15, -0.1) is 0 Å². The van der Waals surface area contributed by atoms with Crippen LogP contribution in [0.25, 0.3) is 0 Å². The average molecular weight is 401 g/mol. The number of guanidine groups is 1. The van der Waals surface area contributed by atoms with Crippen LogP contribution in [-0.2, 0) is 6.54 Å². The van der Waals surface area contributed by atoms with Crippen LogP contribution in [0.5, 0.6) is 11.5 Å². The molecule has 0 bridgehead atoms. The molecule has 2 heterocycles. The standard InChI is InChI=1S/C21H32N6O2/c1-16(14-27-8-5-7-24-27)13-23-21(22-2)25-17-6-9-26(15-17)18-10-19(28-3)12-20(11-18)29-4/h5,7-8,10-12,16-17H,6,9,13-15H2,1-4H3,(H2,22,23,25). The molecule has 1 aliphatic heterocycles. The van der Waals surface area contributed by atoms with Gasteiger partial charge < -0.3 is 25.0 Å². The van der Waals surface area contributed by atoms with E-state index in [1.807, 2.05) is 36.3 Å². The van der Waals surface area contributed by atoms with Gasteiger partial charge in [-0.05, 0) is 18.4 Å². The van der Waals surface area contributed by atoms with Crippen molar-refractivity contribution in [3.63, 3.8) is 0 Å². The number of methoxy groups -OCH3 is 2. The van der Waals surface area contributed by atoms with Gasteiger partial charge in [0.1, 0.15) is 11.5 Å². The van der Waals surface area contributed by atoms with Gasteiger partial charge in [-0.1, -0.05) is 6.92 Å². The van der Waals surface area contributed by atoms with Gasteiger partial charge in [-0.3, -0.25) is 9.67 Å². The van der Waals surface area contributed by atoms with Gasteiger partial charge >= 0.3 is 0 Å². The number of hydrogen-bond donors (Lipinski definition) is 2. The van der Waals surface area contributed by atoms with Crippen LogP contribution in [0.2, 0.25) is 0 Å². The monoisotopic (exact) mass is 400 g/mol. The molecule has 1 saturated heterocycles. The molecular weight excluding hydrogens is 368 g/mol. The molecule has 2 unspecified atom stereocenters. The number of benzene rings is 1. The lowest BCUT2D eigenvalue weighted by Crippen LogP contribution is -2.46. The summed E-state index contributed by atoms with van der Waals surface area (Å²) in [5.74, 6) is 2.89. The fourth-order valence-electron chi connectivity index (χ4n) is 3.54. The SMILES string of the molecule is CN=C(NCC(C)Cn1cccn1)NC1CCN(c2cc(OC)cc(OC)c2)C1. The normalized spacial score (nSPS) is 17.9. The zero-order chi connectivity index (χ0) is 20.6. The number of anilines is 1. The molecule has 1 fully saturated rings. The Labute approximate surface area is 172 Å². The molecule has 158 valence electrons. The van der Waals surface area contributed by atoms with Crippen molar-refractivity contribution >= 4 is 11.6 Å². The summed E-state index contributed by atoms with van der Waals surface area (Å²) in [6.45, 7) is 5.80. The zero-order valence-corrected chi connectivity index (χ0v) is 17.8. The highest BCUT2D eigenvalue weighted by molar-refractivity contribution is 5.80. The first kappa shape index (κ1) is 20.8. The molecule has 2 N–H and O–H groups in total. The number of aliphatic imine (C=N–C) groups is 1. The third-order valence-electron chi connectivity index (χ3n) is 5.13. The first-order valence-corrected chi connectivity index (χ1v) is 10.0. The predicted molar refractivity (Wildman–Crippen MR) is 116 cm³/mol. The molecular formula is C21H32N6O2.